The third kappa shape index (κ3) is 7.88. The summed E-state index contributed by atoms with van der Waals surface area (Å²) in [6, 6.07) is 1.42. The van der Waals surface area contributed by atoms with Crippen molar-refractivity contribution in [3.63, 3.8) is 0 Å². The van der Waals surface area contributed by atoms with E-state index in [4.69, 9.17) is 19.6 Å². The van der Waals surface area contributed by atoms with Crippen LogP contribution in [0.2, 0.25) is 0 Å². The van der Waals surface area contributed by atoms with E-state index in [-0.39, 0.29) is 17.7 Å². The molecule has 2 aromatic rings. The highest BCUT2D eigenvalue weighted by molar-refractivity contribution is 8.01. The number of rotatable bonds is 13. The normalized spacial score (nSPS) is 18.3. The Balaban J connectivity index is 1.56. The fraction of sp³-hybridized carbons (Fsp3) is 0.654. The highest BCUT2D eigenvalue weighted by atomic mass is 32.2. The molecule has 2 saturated carbocycles. The molecule has 2 aromatic heterocycles. The maximum absolute atomic E-state index is 14.4. The molecule has 0 saturated heterocycles. The Bertz CT molecular complexity index is 1130. The van der Waals surface area contributed by atoms with E-state index in [1.54, 1.807) is 37.7 Å². The van der Waals surface area contributed by atoms with Gasteiger partial charge in [-0.2, -0.15) is 0 Å². The van der Waals surface area contributed by atoms with E-state index in [0.29, 0.717) is 16.6 Å². The minimum Gasteiger partial charge on any atom is -0.461 e. The summed E-state index contributed by atoms with van der Waals surface area (Å²) < 4.78 is 32.7. The molecule has 2 aliphatic carbocycles. The van der Waals surface area contributed by atoms with E-state index in [0.717, 1.165) is 67.7 Å². The van der Waals surface area contributed by atoms with Gasteiger partial charge in [0.25, 0.3) is 7.44 Å². The molecule has 2 heterocycles. The first-order valence-electron chi connectivity index (χ1n) is 13.7. The van der Waals surface area contributed by atoms with Crippen LogP contribution in [0.5, 0.6) is 0 Å². The van der Waals surface area contributed by atoms with Crippen LogP contribution in [-0.2, 0) is 23.6 Å². The van der Waals surface area contributed by atoms with E-state index in [9.17, 15) is 14.2 Å². The van der Waals surface area contributed by atoms with E-state index in [1.165, 1.54) is 11.3 Å². The Morgan fingerprint density at radius 1 is 1.08 bits per heavy atom. The number of nitrogen functional groups attached to an aromatic ring is 1. The minimum atomic E-state index is -3.84. The average molecular weight is 599 g/mol. The maximum atomic E-state index is 14.4. The number of esters is 2. The quantitative estimate of drug-likeness (QED) is 0.158. The SMILES string of the molecule is CCCSc1sc(N)nc1-c1ccc(P(=O)(N[C@@H](C)C(=O)OC2CCCC2)N[C@@H](C)C(=O)OC2CCCC2)o1. The van der Waals surface area contributed by atoms with Crippen molar-refractivity contribution < 1.29 is 28.0 Å². The number of carbonyl (C=O) groups excluding carboxylic acids is 2. The van der Waals surface area contributed by atoms with Gasteiger partial charge in [-0.15, -0.1) is 11.8 Å². The number of aromatic nitrogens is 1. The van der Waals surface area contributed by atoms with Gasteiger partial charge in [0.15, 0.2) is 16.4 Å². The van der Waals surface area contributed by atoms with Gasteiger partial charge >= 0.3 is 11.9 Å². The molecule has 0 aromatic carbocycles. The van der Waals surface area contributed by atoms with Crippen molar-refractivity contribution >= 4 is 53.1 Å². The first-order chi connectivity index (χ1) is 18.7. The second kappa shape index (κ2) is 13.7. The molecular formula is C26H39N4O6PS2. The number of nitrogens with two attached hydrogens (primary N) is 1. The predicted molar refractivity (Wildman–Crippen MR) is 154 cm³/mol. The van der Waals surface area contributed by atoms with E-state index < -0.39 is 31.5 Å². The van der Waals surface area contributed by atoms with Crippen molar-refractivity contribution in [1.29, 1.82) is 0 Å². The Kier molecular flexibility index (Phi) is 10.6. The summed E-state index contributed by atoms with van der Waals surface area (Å²) in [4.78, 5) is 30.1. The highest BCUT2D eigenvalue weighted by Crippen LogP contribution is 2.42. The smallest absolute Gasteiger partial charge is 0.323 e. The molecule has 216 valence electrons. The number of carbonyl (C=O) groups is 2. The molecule has 2 atom stereocenters. The Hall–Kier alpha value is -1.85. The van der Waals surface area contributed by atoms with Crippen molar-refractivity contribution in [3.8, 4) is 11.5 Å². The molecule has 39 heavy (non-hydrogen) atoms. The Morgan fingerprint density at radius 2 is 1.62 bits per heavy atom. The van der Waals surface area contributed by atoms with Crippen molar-refractivity contribution in [1.82, 2.24) is 15.2 Å². The summed E-state index contributed by atoms with van der Waals surface area (Å²) in [6.45, 7) is 5.28. The lowest BCUT2D eigenvalue weighted by atomic mass is 10.3. The fourth-order valence-corrected chi connectivity index (χ4v) is 8.88. The molecule has 0 unspecified atom stereocenters. The lowest BCUT2D eigenvalue weighted by Crippen LogP contribution is -2.45. The van der Waals surface area contributed by atoms with Crippen LogP contribution < -0.4 is 21.4 Å². The minimum absolute atomic E-state index is 0.0662. The number of hydrogen-bond acceptors (Lipinski definition) is 10. The summed E-state index contributed by atoms with van der Waals surface area (Å²) >= 11 is 3.00. The summed E-state index contributed by atoms with van der Waals surface area (Å²) in [7, 11) is -3.84. The number of anilines is 1. The number of hydrogen-bond donors (Lipinski definition) is 3. The molecule has 0 radical (unpaired) electrons. The molecule has 0 aliphatic heterocycles. The predicted octanol–water partition coefficient (Wildman–Crippen LogP) is 5.23. The van der Waals surface area contributed by atoms with Gasteiger partial charge in [-0.05, 0) is 89.5 Å². The first kappa shape index (κ1) is 30.1. The van der Waals surface area contributed by atoms with Crippen LogP contribution in [0.25, 0.3) is 11.5 Å². The van der Waals surface area contributed by atoms with Crippen molar-refractivity contribution in [2.45, 2.75) is 107 Å². The third-order valence-corrected chi connectivity index (χ3v) is 11.5. The van der Waals surface area contributed by atoms with Crippen LogP contribution in [0.15, 0.2) is 20.8 Å². The first-order valence-corrected chi connectivity index (χ1v) is 17.3. The van der Waals surface area contributed by atoms with Gasteiger partial charge in [-0.25, -0.2) is 15.2 Å². The molecule has 0 spiro atoms. The molecular weight excluding hydrogens is 559 g/mol. The molecule has 4 rings (SSSR count). The van der Waals surface area contributed by atoms with Crippen LogP contribution in [0.3, 0.4) is 0 Å². The van der Waals surface area contributed by atoms with Crippen molar-refractivity contribution in [3.05, 3.63) is 12.1 Å². The van der Waals surface area contributed by atoms with Crippen LogP contribution in [-0.4, -0.2) is 47.0 Å². The summed E-state index contributed by atoms with van der Waals surface area (Å²) in [6.07, 6.45) is 8.14. The number of furan rings is 1. The molecule has 2 fully saturated rings. The molecule has 10 nitrogen and oxygen atoms in total. The number of thiazole rings is 1. The highest BCUT2D eigenvalue weighted by Gasteiger charge is 2.38. The third-order valence-electron chi connectivity index (χ3n) is 6.81. The molecule has 0 bridgehead atoms. The number of ether oxygens (including phenoxy) is 2. The summed E-state index contributed by atoms with van der Waals surface area (Å²) in [5.41, 5.74) is 6.63. The van der Waals surface area contributed by atoms with Crippen molar-refractivity contribution in [2.24, 2.45) is 0 Å². The molecule has 0 amide bonds. The van der Waals surface area contributed by atoms with Gasteiger partial charge < -0.3 is 19.6 Å². The zero-order chi connectivity index (χ0) is 28.0. The maximum Gasteiger partial charge on any atom is 0.323 e. The molecule has 4 N–H and O–H groups in total. The molecule has 2 aliphatic rings. The Morgan fingerprint density at radius 3 is 2.13 bits per heavy atom. The van der Waals surface area contributed by atoms with Gasteiger partial charge in [-0.3, -0.25) is 14.2 Å². The van der Waals surface area contributed by atoms with Crippen LogP contribution in [0.1, 0.15) is 78.6 Å². The lowest BCUT2D eigenvalue weighted by molar-refractivity contribution is -0.150. The summed E-state index contributed by atoms with van der Waals surface area (Å²) in [5.74, 6) is 0.304. The topological polar surface area (TPSA) is 146 Å². The van der Waals surface area contributed by atoms with Gasteiger partial charge in [0, 0.05) is 0 Å². The fourth-order valence-electron chi connectivity index (χ4n) is 4.75. The second-order valence-electron chi connectivity index (χ2n) is 10.2. The molecule has 13 heteroatoms. The van der Waals surface area contributed by atoms with E-state index >= 15 is 0 Å². The number of thioether (sulfide) groups is 1. The van der Waals surface area contributed by atoms with Gasteiger partial charge in [0.1, 0.15) is 30.0 Å². The zero-order valence-electron chi connectivity index (χ0n) is 22.8. The zero-order valence-corrected chi connectivity index (χ0v) is 25.3. The van der Waals surface area contributed by atoms with Gasteiger partial charge in [-0.1, -0.05) is 18.3 Å². The lowest BCUT2D eigenvalue weighted by Gasteiger charge is -2.26. The standard InChI is InChI=1S/C26H39N4O6PS2/c1-4-15-38-25-22(28-26(27)39-25)20-13-14-21(36-20)37(33,29-16(2)23(31)34-18-9-5-6-10-18)30-17(3)24(32)35-19-11-7-8-12-19/h13-14,16-19H,4-12,15H2,1-3H3,(H2,27,28)(H2,29,30,33)/t16-,17-/m0/s1. The number of nitrogens with one attached hydrogen (secondary N) is 2. The van der Waals surface area contributed by atoms with Crippen LogP contribution >= 0.6 is 30.5 Å². The van der Waals surface area contributed by atoms with Crippen LogP contribution in [0.4, 0.5) is 5.13 Å². The van der Waals surface area contributed by atoms with Crippen molar-refractivity contribution in [2.75, 3.05) is 11.5 Å². The van der Waals surface area contributed by atoms with E-state index in [2.05, 4.69) is 22.1 Å². The second-order valence-corrected chi connectivity index (χ2v) is 14.7. The Labute approximate surface area is 238 Å². The average Bonchev–Trinajstić information content (AvgIpc) is 3.70. The number of nitrogens with zero attached hydrogens (tertiary/aromatic N) is 1. The summed E-state index contributed by atoms with van der Waals surface area (Å²) in [5, 5.41) is 6.21. The monoisotopic (exact) mass is 598 g/mol. The van der Waals surface area contributed by atoms with Gasteiger partial charge in [0.05, 0.1) is 4.21 Å². The largest absolute Gasteiger partial charge is 0.461 e. The van der Waals surface area contributed by atoms with Crippen LogP contribution in [0, 0.1) is 0 Å². The van der Waals surface area contributed by atoms with E-state index in [1.807, 2.05) is 0 Å². The van der Waals surface area contributed by atoms with Gasteiger partial charge in [0.2, 0.25) is 0 Å².